The molecule has 1 heterocycles. The van der Waals surface area contributed by atoms with Crippen molar-refractivity contribution in [3.05, 3.63) is 56.9 Å². The van der Waals surface area contributed by atoms with E-state index in [9.17, 15) is 14.9 Å². The molecule has 0 aliphatic carbocycles. The zero-order valence-corrected chi connectivity index (χ0v) is 12.6. The number of nitro benzene ring substituents is 1. The standard InChI is InChI=1S/C13H10BrN3O5/c14-12-5-4-11(22-12)7-15-16-13(18)8-21-10-3-1-2-9(6-10)17(19)20/h1-7H,8H2,(H,16,18)/b15-7-. The number of ether oxygens (including phenoxy) is 1. The van der Waals surface area contributed by atoms with Gasteiger partial charge in [-0.25, -0.2) is 5.43 Å². The Morgan fingerprint density at radius 2 is 2.27 bits per heavy atom. The summed E-state index contributed by atoms with van der Waals surface area (Å²) < 4.78 is 10.8. The molecular weight excluding hydrogens is 358 g/mol. The van der Waals surface area contributed by atoms with Gasteiger partial charge in [-0.15, -0.1) is 0 Å². The monoisotopic (exact) mass is 367 g/mol. The lowest BCUT2D eigenvalue weighted by atomic mass is 10.3. The van der Waals surface area contributed by atoms with Crippen molar-refractivity contribution in [3.63, 3.8) is 0 Å². The third-order valence-corrected chi connectivity index (χ3v) is 2.80. The number of halogens is 1. The summed E-state index contributed by atoms with van der Waals surface area (Å²) in [4.78, 5) is 21.6. The average Bonchev–Trinajstić information content (AvgIpc) is 2.91. The lowest BCUT2D eigenvalue weighted by Gasteiger charge is -2.04. The van der Waals surface area contributed by atoms with Gasteiger partial charge in [0, 0.05) is 6.07 Å². The van der Waals surface area contributed by atoms with Crippen LogP contribution in [0, 0.1) is 10.1 Å². The minimum Gasteiger partial charge on any atom is -0.483 e. The molecule has 0 saturated carbocycles. The lowest BCUT2D eigenvalue weighted by molar-refractivity contribution is -0.384. The minimum atomic E-state index is -0.543. The number of nitro groups is 1. The highest BCUT2D eigenvalue weighted by Crippen LogP contribution is 2.18. The number of hydrogen-bond acceptors (Lipinski definition) is 6. The van der Waals surface area contributed by atoms with E-state index in [1.54, 1.807) is 12.1 Å². The van der Waals surface area contributed by atoms with E-state index in [1.165, 1.54) is 30.5 Å². The van der Waals surface area contributed by atoms with Crippen LogP contribution in [0.15, 0.2) is 50.6 Å². The molecule has 0 atom stereocenters. The Hall–Kier alpha value is -2.68. The van der Waals surface area contributed by atoms with Crippen LogP contribution in [0.4, 0.5) is 5.69 Å². The maximum atomic E-state index is 11.5. The second-order valence-corrected chi connectivity index (χ2v) is 4.76. The van der Waals surface area contributed by atoms with Gasteiger partial charge in [-0.2, -0.15) is 5.10 Å². The molecule has 0 fully saturated rings. The number of carbonyl (C=O) groups is 1. The number of hydrazone groups is 1. The van der Waals surface area contributed by atoms with E-state index in [-0.39, 0.29) is 18.0 Å². The first-order valence-corrected chi connectivity index (χ1v) is 6.78. The molecule has 0 unspecified atom stereocenters. The van der Waals surface area contributed by atoms with Gasteiger partial charge in [0.2, 0.25) is 0 Å². The van der Waals surface area contributed by atoms with Crippen LogP contribution in [-0.2, 0) is 4.79 Å². The molecule has 0 aliphatic rings. The van der Waals surface area contributed by atoms with Gasteiger partial charge in [0.25, 0.3) is 11.6 Å². The summed E-state index contributed by atoms with van der Waals surface area (Å²) in [7, 11) is 0. The first-order valence-electron chi connectivity index (χ1n) is 5.99. The van der Waals surface area contributed by atoms with Crippen molar-refractivity contribution in [3.8, 4) is 5.75 Å². The maximum absolute atomic E-state index is 11.5. The number of nitrogens with one attached hydrogen (secondary N) is 1. The van der Waals surface area contributed by atoms with Gasteiger partial charge in [0.05, 0.1) is 17.2 Å². The fourth-order valence-electron chi connectivity index (χ4n) is 1.43. The molecule has 2 rings (SSSR count). The van der Waals surface area contributed by atoms with Gasteiger partial charge in [-0.3, -0.25) is 14.9 Å². The summed E-state index contributed by atoms with van der Waals surface area (Å²) in [5.41, 5.74) is 2.13. The van der Waals surface area contributed by atoms with Gasteiger partial charge >= 0.3 is 0 Å². The second kappa shape index (κ2) is 7.36. The van der Waals surface area contributed by atoms with Crippen molar-refractivity contribution in [1.29, 1.82) is 0 Å². The van der Waals surface area contributed by atoms with Crippen LogP contribution < -0.4 is 10.2 Å². The molecule has 1 aromatic heterocycles. The summed E-state index contributed by atoms with van der Waals surface area (Å²) in [6, 6.07) is 8.91. The van der Waals surface area contributed by atoms with E-state index in [0.29, 0.717) is 10.4 Å². The van der Waals surface area contributed by atoms with Gasteiger partial charge in [0.1, 0.15) is 11.5 Å². The molecule has 1 aromatic carbocycles. The van der Waals surface area contributed by atoms with Gasteiger partial charge < -0.3 is 9.15 Å². The van der Waals surface area contributed by atoms with Crippen LogP contribution in [0.2, 0.25) is 0 Å². The number of amides is 1. The topological polar surface area (TPSA) is 107 Å². The highest BCUT2D eigenvalue weighted by Gasteiger charge is 2.07. The summed E-state index contributed by atoms with van der Waals surface area (Å²) in [6.45, 7) is -0.319. The highest BCUT2D eigenvalue weighted by molar-refractivity contribution is 9.10. The normalized spacial score (nSPS) is 10.6. The molecule has 0 aliphatic heterocycles. The first-order chi connectivity index (χ1) is 10.5. The number of furan rings is 1. The van der Waals surface area contributed by atoms with Crippen LogP contribution in [0.5, 0.6) is 5.75 Å². The van der Waals surface area contributed by atoms with E-state index in [1.807, 2.05) is 0 Å². The van der Waals surface area contributed by atoms with E-state index < -0.39 is 10.8 Å². The van der Waals surface area contributed by atoms with E-state index in [4.69, 9.17) is 9.15 Å². The Kier molecular flexibility index (Phi) is 5.26. The van der Waals surface area contributed by atoms with Crippen molar-refractivity contribution in [2.45, 2.75) is 0 Å². The molecular formula is C13H10BrN3O5. The Balaban J connectivity index is 1.81. The molecule has 22 heavy (non-hydrogen) atoms. The van der Waals surface area contributed by atoms with Crippen molar-refractivity contribution >= 4 is 33.7 Å². The van der Waals surface area contributed by atoms with Crippen molar-refractivity contribution in [1.82, 2.24) is 5.43 Å². The lowest BCUT2D eigenvalue weighted by Crippen LogP contribution is -2.24. The zero-order valence-electron chi connectivity index (χ0n) is 11.1. The molecule has 8 nitrogen and oxygen atoms in total. The number of hydrogen-bond donors (Lipinski definition) is 1. The Morgan fingerprint density at radius 1 is 1.45 bits per heavy atom. The first kappa shape index (κ1) is 15.7. The van der Waals surface area contributed by atoms with Gasteiger partial charge in [-0.05, 0) is 34.1 Å². The number of carbonyl (C=O) groups excluding carboxylic acids is 1. The number of rotatable bonds is 6. The Morgan fingerprint density at radius 3 is 2.95 bits per heavy atom. The van der Waals surface area contributed by atoms with Crippen molar-refractivity contribution in [2.24, 2.45) is 5.10 Å². The molecule has 1 N–H and O–H groups in total. The number of benzene rings is 1. The minimum absolute atomic E-state index is 0.112. The third-order valence-electron chi connectivity index (χ3n) is 2.37. The van der Waals surface area contributed by atoms with E-state index in [2.05, 4.69) is 26.5 Å². The highest BCUT2D eigenvalue weighted by atomic mass is 79.9. The quantitative estimate of drug-likeness (QED) is 0.479. The van der Waals surface area contributed by atoms with Crippen molar-refractivity contribution in [2.75, 3.05) is 6.61 Å². The number of non-ortho nitro benzene ring substituents is 1. The third kappa shape index (κ3) is 4.70. The summed E-state index contributed by atoms with van der Waals surface area (Å²) in [5, 5.41) is 14.3. The predicted molar refractivity (Wildman–Crippen MR) is 80.7 cm³/mol. The van der Waals surface area contributed by atoms with Crippen LogP contribution in [-0.4, -0.2) is 23.7 Å². The molecule has 0 radical (unpaired) electrons. The molecule has 0 bridgehead atoms. The summed E-state index contributed by atoms with van der Waals surface area (Å²) in [6.07, 6.45) is 1.33. The second-order valence-electron chi connectivity index (χ2n) is 3.98. The molecule has 114 valence electrons. The van der Waals surface area contributed by atoms with Crippen LogP contribution in [0.3, 0.4) is 0 Å². The Labute approximate surface area is 133 Å². The zero-order chi connectivity index (χ0) is 15.9. The van der Waals surface area contributed by atoms with E-state index in [0.717, 1.165) is 0 Å². The largest absolute Gasteiger partial charge is 0.483 e. The predicted octanol–water partition coefficient (Wildman–Crippen LogP) is 2.48. The smallest absolute Gasteiger partial charge is 0.277 e. The Bertz CT molecular complexity index is 713. The van der Waals surface area contributed by atoms with E-state index >= 15 is 0 Å². The summed E-state index contributed by atoms with van der Waals surface area (Å²) in [5.74, 6) is 0.184. The maximum Gasteiger partial charge on any atom is 0.277 e. The van der Waals surface area contributed by atoms with Crippen LogP contribution >= 0.6 is 15.9 Å². The fraction of sp³-hybridized carbons (Fsp3) is 0.0769. The fourth-order valence-corrected chi connectivity index (χ4v) is 1.75. The molecule has 0 saturated heterocycles. The molecule has 9 heteroatoms. The van der Waals surface area contributed by atoms with Crippen molar-refractivity contribution < 1.29 is 18.9 Å². The average molecular weight is 368 g/mol. The van der Waals surface area contributed by atoms with Crippen LogP contribution in [0.1, 0.15) is 5.76 Å². The SMILES string of the molecule is O=C(COc1cccc([N+](=O)[O-])c1)N/N=C\c1ccc(Br)o1. The molecule has 1 amide bonds. The van der Waals surface area contributed by atoms with Gasteiger partial charge in [0.15, 0.2) is 11.3 Å². The van der Waals surface area contributed by atoms with Crippen LogP contribution in [0.25, 0.3) is 0 Å². The molecule has 0 spiro atoms. The van der Waals surface area contributed by atoms with Gasteiger partial charge in [-0.1, -0.05) is 6.07 Å². The number of nitrogens with zero attached hydrogens (tertiary/aromatic N) is 2. The summed E-state index contributed by atoms with van der Waals surface area (Å²) >= 11 is 3.14. The molecule has 2 aromatic rings.